The smallest absolute Gasteiger partial charge is 0.233 e. The Morgan fingerprint density at radius 1 is 1.12 bits per heavy atom. The van der Waals surface area contributed by atoms with Crippen molar-refractivity contribution in [2.24, 2.45) is 0 Å². The second kappa shape index (κ2) is 11.3. The predicted octanol–water partition coefficient (Wildman–Crippen LogP) is 2.95. The van der Waals surface area contributed by atoms with Crippen LogP contribution in [0.1, 0.15) is 51.4 Å². The number of rotatable bonds is 11. The zero-order valence-electron chi connectivity index (χ0n) is 15.0. The number of para-hydroxylation sites is 1. The van der Waals surface area contributed by atoms with Gasteiger partial charge in [-0.2, -0.15) is 0 Å². The molecule has 7 nitrogen and oxygen atoms in total. The first-order valence-corrected chi connectivity index (χ1v) is 10.8. The van der Waals surface area contributed by atoms with Crippen LogP contribution in [0.4, 0.5) is 5.69 Å². The maximum absolute atomic E-state index is 11.9. The average molecular weight is 384 g/mol. The summed E-state index contributed by atoms with van der Waals surface area (Å²) in [6.45, 7) is 0.601. The van der Waals surface area contributed by atoms with Crippen LogP contribution in [0, 0.1) is 0 Å². The zero-order chi connectivity index (χ0) is 18.7. The summed E-state index contributed by atoms with van der Waals surface area (Å²) in [6, 6.07) is 9.32. The molecule has 0 spiro atoms. The number of nitrogens with one attached hydrogen (secondary N) is 2. The molecule has 1 unspecified atom stereocenters. The summed E-state index contributed by atoms with van der Waals surface area (Å²) in [6.07, 6.45) is 5.43. The fourth-order valence-corrected chi connectivity index (χ4v) is 3.57. The number of carbonyl (C=O) groups is 1. The molecule has 0 radical (unpaired) electrons. The minimum absolute atomic E-state index is 0.00985. The largest absolute Gasteiger partial charge is 0.351 e. The van der Waals surface area contributed by atoms with Crippen LogP contribution in [0.5, 0.6) is 0 Å². The molecule has 26 heavy (non-hydrogen) atoms. The van der Waals surface area contributed by atoms with E-state index in [0.717, 1.165) is 37.8 Å². The van der Waals surface area contributed by atoms with E-state index in [9.17, 15) is 13.2 Å². The molecule has 1 amide bonds. The van der Waals surface area contributed by atoms with Gasteiger partial charge in [-0.3, -0.25) is 9.63 Å². The number of unbranched alkanes of at least 4 members (excludes halogenated alkanes) is 3. The summed E-state index contributed by atoms with van der Waals surface area (Å²) in [5, 5.41) is 2.83. The highest BCUT2D eigenvalue weighted by atomic mass is 32.2. The lowest BCUT2D eigenvalue weighted by atomic mass is 10.1. The van der Waals surface area contributed by atoms with Gasteiger partial charge in [0.2, 0.25) is 15.9 Å². The van der Waals surface area contributed by atoms with Crippen molar-refractivity contribution in [3.8, 4) is 0 Å². The van der Waals surface area contributed by atoms with Crippen LogP contribution in [0.2, 0.25) is 0 Å². The number of sulfonamides is 1. The summed E-state index contributed by atoms with van der Waals surface area (Å²) in [5.74, 6) is -0.0120. The van der Waals surface area contributed by atoms with E-state index in [4.69, 9.17) is 9.57 Å². The van der Waals surface area contributed by atoms with Crippen molar-refractivity contribution in [1.29, 1.82) is 0 Å². The number of hydrogen-bond acceptors (Lipinski definition) is 5. The zero-order valence-corrected chi connectivity index (χ0v) is 15.8. The Morgan fingerprint density at radius 3 is 2.62 bits per heavy atom. The molecule has 0 saturated carbocycles. The molecule has 0 bridgehead atoms. The van der Waals surface area contributed by atoms with Crippen LogP contribution in [0.3, 0.4) is 0 Å². The van der Waals surface area contributed by atoms with Gasteiger partial charge in [-0.15, -0.1) is 0 Å². The topological polar surface area (TPSA) is 93.7 Å². The van der Waals surface area contributed by atoms with E-state index in [0.29, 0.717) is 25.9 Å². The Bertz CT molecular complexity index is 630. The third-order valence-electron chi connectivity index (χ3n) is 4.07. The Hall–Kier alpha value is -1.48. The van der Waals surface area contributed by atoms with Gasteiger partial charge in [0, 0.05) is 25.1 Å². The lowest BCUT2D eigenvalue weighted by molar-refractivity contribution is -0.179. The molecule has 2 rings (SSSR count). The fourth-order valence-electron chi connectivity index (χ4n) is 2.65. The van der Waals surface area contributed by atoms with Crippen LogP contribution in [0.25, 0.3) is 0 Å². The molecule has 8 heteroatoms. The van der Waals surface area contributed by atoms with Crippen molar-refractivity contribution in [2.45, 2.75) is 57.7 Å². The molecule has 1 aliphatic heterocycles. The van der Waals surface area contributed by atoms with E-state index in [2.05, 4.69) is 10.2 Å². The van der Waals surface area contributed by atoms with Crippen LogP contribution in [-0.4, -0.2) is 33.0 Å². The SMILES string of the molecule is O=C(CCCCCCS(=O)(=O)NOC1CCCCO1)Nc1ccccc1. The summed E-state index contributed by atoms with van der Waals surface area (Å²) in [5.41, 5.74) is 0.789. The van der Waals surface area contributed by atoms with Crippen LogP contribution in [0.15, 0.2) is 30.3 Å². The van der Waals surface area contributed by atoms with Crippen LogP contribution >= 0.6 is 0 Å². The highest BCUT2D eigenvalue weighted by Crippen LogP contribution is 2.13. The third kappa shape index (κ3) is 8.75. The van der Waals surface area contributed by atoms with E-state index in [1.807, 2.05) is 30.3 Å². The van der Waals surface area contributed by atoms with E-state index >= 15 is 0 Å². The highest BCUT2D eigenvalue weighted by Gasteiger charge is 2.18. The van der Waals surface area contributed by atoms with E-state index in [1.54, 1.807) is 0 Å². The van der Waals surface area contributed by atoms with Gasteiger partial charge in [-0.05, 0) is 37.8 Å². The molecular formula is C18H28N2O5S. The van der Waals surface area contributed by atoms with Crippen molar-refractivity contribution < 1.29 is 22.8 Å². The Balaban J connectivity index is 1.50. The number of ether oxygens (including phenoxy) is 1. The minimum atomic E-state index is -3.46. The van der Waals surface area contributed by atoms with Gasteiger partial charge < -0.3 is 10.1 Å². The van der Waals surface area contributed by atoms with Gasteiger partial charge in [0.05, 0.1) is 5.75 Å². The minimum Gasteiger partial charge on any atom is -0.351 e. The molecule has 0 aliphatic carbocycles. The first-order valence-electron chi connectivity index (χ1n) is 9.17. The standard InChI is InChI=1S/C18H28N2O5S/c21-17(19-16-10-4-3-5-11-16)12-6-1-2-9-15-26(22,23)20-25-18-13-7-8-14-24-18/h3-5,10-11,18,20H,1-2,6-9,12-15H2,(H,19,21). The quantitative estimate of drug-likeness (QED) is 0.452. The van der Waals surface area contributed by atoms with E-state index in [1.165, 1.54) is 0 Å². The van der Waals surface area contributed by atoms with Gasteiger partial charge in [0.15, 0.2) is 6.29 Å². The Labute approximate surface area is 155 Å². The van der Waals surface area contributed by atoms with Crippen molar-refractivity contribution in [1.82, 2.24) is 4.89 Å². The molecule has 1 aliphatic rings. The molecule has 146 valence electrons. The molecule has 1 atom stereocenters. The first kappa shape index (κ1) is 20.8. The number of carbonyl (C=O) groups excluding carboxylic acids is 1. The predicted molar refractivity (Wildman–Crippen MR) is 99.8 cm³/mol. The molecule has 1 heterocycles. The van der Waals surface area contributed by atoms with Crippen molar-refractivity contribution in [3.05, 3.63) is 30.3 Å². The average Bonchev–Trinajstić information content (AvgIpc) is 2.65. The first-order chi connectivity index (χ1) is 12.6. The van der Waals surface area contributed by atoms with Crippen molar-refractivity contribution in [2.75, 3.05) is 17.7 Å². The number of anilines is 1. The Morgan fingerprint density at radius 2 is 1.88 bits per heavy atom. The van der Waals surface area contributed by atoms with Crippen molar-refractivity contribution >= 4 is 21.6 Å². The molecule has 2 N–H and O–H groups in total. The normalized spacial score (nSPS) is 17.8. The Kier molecular flexibility index (Phi) is 9.04. The van der Waals surface area contributed by atoms with Crippen molar-refractivity contribution in [3.63, 3.8) is 0 Å². The molecule has 1 fully saturated rings. The van der Waals surface area contributed by atoms with Gasteiger partial charge in [-0.25, -0.2) is 8.42 Å². The number of benzene rings is 1. The van der Waals surface area contributed by atoms with Gasteiger partial charge >= 0.3 is 0 Å². The van der Waals surface area contributed by atoms with Crippen LogP contribution in [-0.2, 0) is 24.4 Å². The van der Waals surface area contributed by atoms with E-state index < -0.39 is 16.3 Å². The van der Waals surface area contributed by atoms with Gasteiger partial charge in [0.1, 0.15) is 0 Å². The van der Waals surface area contributed by atoms with Crippen LogP contribution < -0.4 is 10.2 Å². The summed E-state index contributed by atoms with van der Waals surface area (Å²) >= 11 is 0. The summed E-state index contributed by atoms with van der Waals surface area (Å²) < 4.78 is 29.0. The van der Waals surface area contributed by atoms with E-state index in [-0.39, 0.29) is 11.7 Å². The third-order valence-corrected chi connectivity index (χ3v) is 5.25. The summed E-state index contributed by atoms with van der Waals surface area (Å²) in [7, 11) is -3.46. The lowest BCUT2D eigenvalue weighted by Crippen LogP contribution is -2.34. The second-order valence-corrected chi connectivity index (χ2v) is 8.20. The number of hydrogen-bond donors (Lipinski definition) is 2. The number of amides is 1. The van der Waals surface area contributed by atoms with Gasteiger partial charge in [0.25, 0.3) is 0 Å². The molecule has 1 aromatic rings. The lowest BCUT2D eigenvalue weighted by Gasteiger charge is -2.22. The monoisotopic (exact) mass is 384 g/mol. The van der Waals surface area contributed by atoms with Gasteiger partial charge in [-0.1, -0.05) is 35.9 Å². The second-order valence-electron chi connectivity index (χ2n) is 6.39. The molecule has 0 aromatic heterocycles. The molecule has 1 saturated heterocycles. The highest BCUT2D eigenvalue weighted by molar-refractivity contribution is 7.89. The molecular weight excluding hydrogens is 356 g/mol. The maximum Gasteiger partial charge on any atom is 0.233 e. The molecule has 1 aromatic carbocycles. The maximum atomic E-state index is 11.9. The fraction of sp³-hybridized carbons (Fsp3) is 0.611. The summed E-state index contributed by atoms with van der Waals surface area (Å²) in [4.78, 5) is 19.0.